The van der Waals surface area contributed by atoms with Crippen LogP contribution < -0.4 is 5.32 Å². The van der Waals surface area contributed by atoms with E-state index in [0.717, 1.165) is 5.39 Å². The van der Waals surface area contributed by atoms with Gasteiger partial charge in [-0.25, -0.2) is 14.8 Å². The van der Waals surface area contributed by atoms with Crippen molar-refractivity contribution in [2.24, 2.45) is 5.92 Å². The van der Waals surface area contributed by atoms with Crippen molar-refractivity contribution in [3.63, 3.8) is 0 Å². The molecule has 2 aromatic rings. The van der Waals surface area contributed by atoms with Crippen LogP contribution in [0.25, 0.3) is 10.9 Å². The number of anilines is 1. The molecule has 1 heterocycles. The number of aromatic carboxylic acids is 1. The van der Waals surface area contributed by atoms with Gasteiger partial charge < -0.3 is 15.5 Å². The zero-order chi connectivity index (χ0) is 15.4. The zero-order valence-electron chi connectivity index (χ0n) is 12.1. The standard InChI is InChI=1S/C15H19N3O3/c1-9(2)7-10(19)8-16-13-11-5-3-4-6-12(11)17-14(18-13)15(20)21/h3-6,9-10,19H,7-8H2,1-2H3,(H,20,21)(H,16,17,18). The Bertz CT molecular complexity index is 643. The molecular formula is C15H19N3O3. The van der Waals surface area contributed by atoms with Gasteiger partial charge in [0.2, 0.25) is 5.82 Å². The maximum absolute atomic E-state index is 11.1. The van der Waals surface area contributed by atoms with Gasteiger partial charge in [-0.05, 0) is 24.5 Å². The molecular weight excluding hydrogens is 270 g/mol. The molecule has 1 atom stereocenters. The van der Waals surface area contributed by atoms with Crippen LogP contribution in [-0.4, -0.2) is 38.8 Å². The lowest BCUT2D eigenvalue weighted by Crippen LogP contribution is -2.22. The highest BCUT2D eigenvalue weighted by molar-refractivity contribution is 5.93. The molecule has 0 aliphatic carbocycles. The fourth-order valence-electron chi connectivity index (χ4n) is 2.15. The Morgan fingerprint density at radius 2 is 2.00 bits per heavy atom. The van der Waals surface area contributed by atoms with Crippen molar-refractivity contribution in [3.8, 4) is 0 Å². The predicted octanol–water partition coefficient (Wildman–Crippen LogP) is 2.15. The monoisotopic (exact) mass is 289 g/mol. The number of aliphatic hydroxyl groups excluding tert-OH is 1. The average molecular weight is 289 g/mol. The molecule has 0 aliphatic rings. The number of aliphatic hydroxyl groups is 1. The van der Waals surface area contributed by atoms with E-state index in [1.54, 1.807) is 12.1 Å². The predicted molar refractivity (Wildman–Crippen MR) is 80.4 cm³/mol. The van der Waals surface area contributed by atoms with Gasteiger partial charge in [-0.3, -0.25) is 0 Å². The third-order valence-electron chi connectivity index (χ3n) is 3.04. The summed E-state index contributed by atoms with van der Waals surface area (Å²) in [5, 5.41) is 22.7. The van der Waals surface area contributed by atoms with E-state index in [2.05, 4.69) is 15.3 Å². The Balaban J connectivity index is 2.27. The van der Waals surface area contributed by atoms with Gasteiger partial charge in [0.1, 0.15) is 5.82 Å². The number of aromatic nitrogens is 2. The molecule has 1 aromatic heterocycles. The summed E-state index contributed by atoms with van der Waals surface area (Å²) < 4.78 is 0. The topological polar surface area (TPSA) is 95.3 Å². The van der Waals surface area contributed by atoms with Crippen molar-refractivity contribution in [1.29, 1.82) is 0 Å². The molecule has 0 bridgehead atoms. The van der Waals surface area contributed by atoms with Crippen LogP contribution in [0.1, 0.15) is 30.9 Å². The summed E-state index contributed by atoms with van der Waals surface area (Å²) in [4.78, 5) is 19.1. The van der Waals surface area contributed by atoms with Crippen molar-refractivity contribution in [2.75, 3.05) is 11.9 Å². The molecule has 0 aliphatic heterocycles. The van der Waals surface area contributed by atoms with Gasteiger partial charge in [0.15, 0.2) is 0 Å². The Hall–Kier alpha value is -2.21. The summed E-state index contributed by atoms with van der Waals surface area (Å²) in [5.41, 5.74) is 0.561. The van der Waals surface area contributed by atoms with E-state index < -0.39 is 12.1 Å². The molecule has 112 valence electrons. The molecule has 0 saturated carbocycles. The Labute approximate surface area is 122 Å². The van der Waals surface area contributed by atoms with Crippen LogP contribution in [0.2, 0.25) is 0 Å². The summed E-state index contributed by atoms with van der Waals surface area (Å²) in [7, 11) is 0. The van der Waals surface area contributed by atoms with E-state index >= 15 is 0 Å². The molecule has 0 fully saturated rings. The molecule has 6 nitrogen and oxygen atoms in total. The minimum absolute atomic E-state index is 0.255. The van der Waals surface area contributed by atoms with Gasteiger partial charge in [0.05, 0.1) is 11.6 Å². The summed E-state index contributed by atoms with van der Waals surface area (Å²) in [6.07, 6.45) is 0.161. The van der Waals surface area contributed by atoms with Crippen molar-refractivity contribution < 1.29 is 15.0 Å². The van der Waals surface area contributed by atoms with Crippen LogP contribution >= 0.6 is 0 Å². The number of benzene rings is 1. The van der Waals surface area contributed by atoms with Crippen LogP contribution in [0.5, 0.6) is 0 Å². The maximum atomic E-state index is 11.1. The molecule has 21 heavy (non-hydrogen) atoms. The number of carbonyl (C=O) groups is 1. The first kappa shape index (κ1) is 15.2. The van der Waals surface area contributed by atoms with Crippen LogP contribution in [0.15, 0.2) is 24.3 Å². The number of nitrogens with zero attached hydrogens (tertiary/aromatic N) is 2. The second kappa shape index (κ2) is 6.49. The van der Waals surface area contributed by atoms with Crippen LogP contribution in [-0.2, 0) is 0 Å². The van der Waals surface area contributed by atoms with E-state index in [-0.39, 0.29) is 5.82 Å². The zero-order valence-corrected chi connectivity index (χ0v) is 12.1. The third kappa shape index (κ3) is 3.88. The lowest BCUT2D eigenvalue weighted by Gasteiger charge is -2.15. The van der Waals surface area contributed by atoms with Gasteiger partial charge >= 0.3 is 5.97 Å². The number of rotatable bonds is 6. The fourth-order valence-corrected chi connectivity index (χ4v) is 2.15. The first-order chi connectivity index (χ1) is 9.97. The van der Waals surface area contributed by atoms with E-state index in [1.165, 1.54) is 0 Å². The second-order valence-electron chi connectivity index (χ2n) is 5.38. The van der Waals surface area contributed by atoms with Crippen LogP contribution in [0.3, 0.4) is 0 Å². The first-order valence-electron chi connectivity index (χ1n) is 6.89. The van der Waals surface area contributed by atoms with Gasteiger partial charge in [-0.2, -0.15) is 0 Å². The van der Waals surface area contributed by atoms with Gasteiger partial charge in [0.25, 0.3) is 0 Å². The van der Waals surface area contributed by atoms with Crippen LogP contribution in [0, 0.1) is 5.92 Å². The highest BCUT2D eigenvalue weighted by Crippen LogP contribution is 2.20. The molecule has 3 N–H and O–H groups in total. The lowest BCUT2D eigenvalue weighted by molar-refractivity contribution is 0.0684. The second-order valence-corrected chi connectivity index (χ2v) is 5.38. The molecule has 0 saturated heterocycles. The van der Waals surface area contributed by atoms with Gasteiger partial charge in [0, 0.05) is 11.9 Å². The third-order valence-corrected chi connectivity index (χ3v) is 3.04. The fraction of sp³-hybridized carbons (Fsp3) is 0.400. The molecule has 0 radical (unpaired) electrons. The van der Waals surface area contributed by atoms with Crippen LogP contribution in [0.4, 0.5) is 5.82 Å². The van der Waals surface area contributed by atoms with Gasteiger partial charge in [-0.15, -0.1) is 0 Å². The minimum atomic E-state index is -1.17. The van der Waals surface area contributed by atoms with E-state index in [0.29, 0.717) is 30.2 Å². The van der Waals surface area contributed by atoms with E-state index in [9.17, 15) is 9.90 Å². The van der Waals surface area contributed by atoms with Crippen molar-refractivity contribution >= 4 is 22.7 Å². The summed E-state index contributed by atoms with van der Waals surface area (Å²) in [6, 6.07) is 7.18. The first-order valence-corrected chi connectivity index (χ1v) is 6.89. The molecule has 2 rings (SSSR count). The number of hydrogen-bond acceptors (Lipinski definition) is 5. The summed E-state index contributed by atoms with van der Waals surface area (Å²) in [6.45, 7) is 4.38. The van der Waals surface area contributed by atoms with E-state index in [1.807, 2.05) is 26.0 Å². The molecule has 1 aromatic carbocycles. The SMILES string of the molecule is CC(C)CC(O)CNc1nc(C(=O)O)nc2ccccc12. The van der Waals surface area contributed by atoms with Crippen molar-refractivity contribution in [2.45, 2.75) is 26.4 Å². The Kier molecular flexibility index (Phi) is 4.70. The van der Waals surface area contributed by atoms with Gasteiger partial charge in [-0.1, -0.05) is 26.0 Å². The smallest absolute Gasteiger partial charge is 0.374 e. The number of nitrogens with one attached hydrogen (secondary N) is 1. The molecule has 1 unspecified atom stereocenters. The number of carboxylic acids is 1. The number of para-hydroxylation sites is 1. The maximum Gasteiger partial charge on any atom is 0.374 e. The highest BCUT2D eigenvalue weighted by Gasteiger charge is 2.14. The Morgan fingerprint density at radius 1 is 1.29 bits per heavy atom. The normalized spacial score (nSPS) is 12.6. The van der Waals surface area contributed by atoms with Crippen molar-refractivity contribution in [1.82, 2.24) is 9.97 Å². The quantitative estimate of drug-likeness (QED) is 0.754. The Morgan fingerprint density at radius 3 is 2.67 bits per heavy atom. The average Bonchev–Trinajstić information content (AvgIpc) is 2.43. The lowest BCUT2D eigenvalue weighted by atomic mass is 10.1. The highest BCUT2D eigenvalue weighted by atomic mass is 16.4. The number of hydrogen-bond donors (Lipinski definition) is 3. The van der Waals surface area contributed by atoms with E-state index in [4.69, 9.17) is 5.11 Å². The number of fused-ring (bicyclic) bond motifs is 1. The summed E-state index contributed by atoms with van der Waals surface area (Å²) in [5.74, 6) is -0.611. The number of carboxylic acid groups (broad SMARTS) is 1. The molecule has 0 amide bonds. The minimum Gasteiger partial charge on any atom is -0.475 e. The molecule has 0 spiro atoms. The molecule has 6 heteroatoms. The van der Waals surface area contributed by atoms with Crippen molar-refractivity contribution in [3.05, 3.63) is 30.1 Å². The largest absolute Gasteiger partial charge is 0.475 e. The summed E-state index contributed by atoms with van der Waals surface area (Å²) >= 11 is 0.